The zero-order chi connectivity index (χ0) is 14.7. The van der Waals surface area contributed by atoms with E-state index in [0.717, 1.165) is 36.9 Å². The summed E-state index contributed by atoms with van der Waals surface area (Å²) in [5.74, 6) is 1.49. The molecular formula is C13H18N6O2. The van der Waals surface area contributed by atoms with Crippen molar-refractivity contribution in [3.8, 4) is 0 Å². The third kappa shape index (κ3) is 3.10. The maximum atomic E-state index is 5.22. The van der Waals surface area contributed by atoms with E-state index in [0.29, 0.717) is 13.2 Å². The lowest BCUT2D eigenvalue weighted by Crippen LogP contribution is -2.32. The van der Waals surface area contributed by atoms with Crippen LogP contribution in [0.5, 0.6) is 0 Å². The summed E-state index contributed by atoms with van der Waals surface area (Å²) in [5.41, 5.74) is 2.17. The number of aryl methyl sites for hydroxylation is 1. The Morgan fingerprint density at radius 2 is 2.33 bits per heavy atom. The van der Waals surface area contributed by atoms with Gasteiger partial charge in [-0.15, -0.1) is 0 Å². The summed E-state index contributed by atoms with van der Waals surface area (Å²) in [5, 5.41) is 15.8. The highest BCUT2D eigenvalue weighted by Gasteiger charge is 2.19. The third-order valence-electron chi connectivity index (χ3n) is 3.41. The fourth-order valence-corrected chi connectivity index (χ4v) is 2.38. The first-order valence-corrected chi connectivity index (χ1v) is 6.86. The molecule has 0 fully saturated rings. The minimum Gasteiger partial charge on any atom is -0.380 e. The molecule has 8 nitrogen and oxygen atoms in total. The van der Waals surface area contributed by atoms with Crippen LogP contribution in [0.4, 0.5) is 5.95 Å². The Morgan fingerprint density at radius 3 is 3.00 bits per heavy atom. The number of nitrogens with zero attached hydrogens (tertiary/aromatic N) is 6. The van der Waals surface area contributed by atoms with Crippen molar-refractivity contribution in [1.29, 1.82) is 0 Å². The molecule has 8 heteroatoms. The van der Waals surface area contributed by atoms with Crippen LogP contribution in [-0.4, -0.2) is 52.2 Å². The number of rotatable bonds is 5. The van der Waals surface area contributed by atoms with Crippen LogP contribution in [0, 0.1) is 6.92 Å². The maximum Gasteiger partial charge on any atom is 0.246 e. The summed E-state index contributed by atoms with van der Waals surface area (Å²) in [7, 11) is 1.72. The van der Waals surface area contributed by atoms with E-state index in [2.05, 4.69) is 31.7 Å². The number of aromatic nitrogens is 5. The highest BCUT2D eigenvalue weighted by Crippen LogP contribution is 2.18. The van der Waals surface area contributed by atoms with Gasteiger partial charge in [-0.3, -0.25) is 0 Å². The van der Waals surface area contributed by atoms with Crippen LogP contribution in [-0.2, 0) is 11.3 Å². The van der Waals surface area contributed by atoms with Crippen molar-refractivity contribution in [2.45, 2.75) is 19.9 Å². The lowest BCUT2D eigenvalue weighted by Gasteiger charge is -2.26. The molecule has 112 valence electrons. The lowest BCUT2D eigenvalue weighted by molar-refractivity contribution is 0.222. The van der Waals surface area contributed by atoms with E-state index >= 15 is 0 Å². The molecule has 1 aliphatic heterocycles. The second-order valence-electron chi connectivity index (χ2n) is 5.06. The zero-order valence-electron chi connectivity index (χ0n) is 12.2. The van der Waals surface area contributed by atoms with Crippen molar-refractivity contribution in [1.82, 2.24) is 25.4 Å². The molecule has 0 N–H and O–H groups in total. The van der Waals surface area contributed by atoms with Crippen LogP contribution in [0.2, 0.25) is 0 Å². The largest absolute Gasteiger partial charge is 0.380 e. The Bertz CT molecular complexity index is 632. The highest BCUT2D eigenvalue weighted by atomic mass is 16.5. The summed E-state index contributed by atoms with van der Waals surface area (Å²) in [6.07, 6.45) is 3.13. The Hall–Kier alpha value is -2.22. The van der Waals surface area contributed by atoms with E-state index in [4.69, 9.17) is 9.26 Å². The third-order valence-corrected chi connectivity index (χ3v) is 3.41. The molecule has 21 heavy (non-hydrogen) atoms. The predicted octanol–water partition coefficient (Wildman–Crippen LogP) is 0.801. The average Bonchev–Trinajstić information content (AvgIpc) is 3.10. The molecule has 0 saturated carbocycles. The Balaban J connectivity index is 1.71. The zero-order valence-corrected chi connectivity index (χ0v) is 12.2. The Morgan fingerprint density at radius 1 is 1.43 bits per heavy atom. The van der Waals surface area contributed by atoms with E-state index < -0.39 is 0 Å². The fraction of sp³-hybridized carbons (Fsp3) is 0.538. The van der Waals surface area contributed by atoms with Crippen LogP contribution < -0.4 is 4.90 Å². The van der Waals surface area contributed by atoms with E-state index in [9.17, 15) is 0 Å². The first-order chi connectivity index (χ1) is 10.3. The van der Waals surface area contributed by atoms with E-state index in [-0.39, 0.29) is 0 Å². The molecular weight excluding hydrogens is 272 g/mol. The molecule has 0 aromatic carbocycles. The topological polar surface area (TPSA) is 82.1 Å². The van der Waals surface area contributed by atoms with Gasteiger partial charge in [0.2, 0.25) is 5.95 Å². The fourth-order valence-electron chi connectivity index (χ4n) is 2.38. The maximum absolute atomic E-state index is 5.22. The van der Waals surface area contributed by atoms with Gasteiger partial charge in [0.1, 0.15) is 6.54 Å². The number of hydrogen-bond acceptors (Lipinski definition) is 7. The van der Waals surface area contributed by atoms with Crippen LogP contribution in [0.15, 0.2) is 22.2 Å². The molecule has 0 amide bonds. The predicted molar refractivity (Wildman–Crippen MR) is 74.9 cm³/mol. The minimum atomic E-state index is 0.480. The number of methoxy groups -OCH3 is 1. The second kappa shape index (κ2) is 6.04. The number of anilines is 1. The van der Waals surface area contributed by atoms with Gasteiger partial charge in [0.15, 0.2) is 5.76 Å². The van der Waals surface area contributed by atoms with Gasteiger partial charge in [0.05, 0.1) is 12.3 Å². The number of tetrazole rings is 1. The normalized spacial score (nSPS) is 15.3. The van der Waals surface area contributed by atoms with Gasteiger partial charge < -0.3 is 14.2 Å². The standard InChI is InChI=1S/C13H18N6O2/c1-10-7-12(21-15-10)8-19-13(14-16-17-19)18-5-3-11(4-6-18)9-20-2/h3,7H,4-6,8-9H2,1-2H3. The van der Waals surface area contributed by atoms with Crippen molar-refractivity contribution < 1.29 is 9.26 Å². The van der Waals surface area contributed by atoms with Crippen molar-refractivity contribution in [2.24, 2.45) is 0 Å². The molecule has 0 spiro atoms. The monoisotopic (exact) mass is 290 g/mol. The van der Waals surface area contributed by atoms with Crippen molar-refractivity contribution >= 4 is 5.95 Å². The van der Waals surface area contributed by atoms with Gasteiger partial charge in [-0.25, -0.2) is 4.68 Å². The van der Waals surface area contributed by atoms with Gasteiger partial charge in [-0.05, 0) is 29.3 Å². The Labute approximate surface area is 122 Å². The van der Waals surface area contributed by atoms with Crippen LogP contribution >= 0.6 is 0 Å². The van der Waals surface area contributed by atoms with Gasteiger partial charge >= 0.3 is 0 Å². The SMILES string of the molecule is COCC1=CCN(c2nnnn2Cc2cc(C)no2)CC1. The van der Waals surface area contributed by atoms with E-state index in [1.165, 1.54) is 5.57 Å². The molecule has 2 aromatic heterocycles. The minimum absolute atomic E-state index is 0.480. The van der Waals surface area contributed by atoms with Crippen molar-refractivity contribution in [2.75, 3.05) is 31.7 Å². The summed E-state index contributed by atoms with van der Waals surface area (Å²) in [6.45, 7) is 4.73. The van der Waals surface area contributed by atoms with Gasteiger partial charge in [0, 0.05) is 26.3 Å². The first kappa shape index (κ1) is 13.7. The molecule has 0 aliphatic carbocycles. The second-order valence-corrected chi connectivity index (χ2v) is 5.06. The highest BCUT2D eigenvalue weighted by molar-refractivity contribution is 5.33. The smallest absolute Gasteiger partial charge is 0.246 e. The van der Waals surface area contributed by atoms with E-state index in [1.54, 1.807) is 11.8 Å². The summed E-state index contributed by atoms with van der Waals surface area (Å²) in [6, 6.07) is 1.89. The summed E-state index contributed by atoms with van der Waals surface area (Å²) >= 11 is 0. The van der Waals surface area contributed by atoms with Crippen molar-refractivity contribution in [3.05, 3.63) is 29.2 Å². The number of ether oxygens (including phenoxy) is 1. The lowest BCUT2D eigenvalue weighted by atomic mass is 10.1. The van der Waals surface area contributed by atoms with Gasteiger partial charge in [0.25, 0.3) is 0 Å². The molecule has 3 rings (SSSR count). The number of hydrogen-bond donors (Lipinski definition) is 0. The molecule has 0 atom stereocenters. The van der Waals surface area contributed by atoms with Gasteiger partial charge in [-0.2, -0.15) is 0 Å². The molecule has 0 unspecified atom stereocenters. The van der Waals surface area contributed by atoms with Crippen molar-refractivity contribution in [3.63, 3.8) is 0 Å². The van der Waals surface area contributed by atoms with Crippen LogP contribution in [0.1, 0.15) is 17.9 Å². The summed E-state index contributed by atoms with van der Waals surface area (Å²) < 4.78 is 12.1. The summed E-state index contributed by atoms with van der Waals surface area (Å²) in [4.78, 5) is 2.14. The molecule has 2 aromatic rings. The van der Waals surface area contributed by atoms with Gasteiger partial charge in [-0.1, -0.05) is 16.3 Å². The average molecular weight is 290 g/mol. The van der Waals surface area contributed by atoms with E-state index in [1.807, 2.05) is 13.0 Å². The first-order valence-electron chi connectivity index (χ1n) is 6.86. The quantitative estimate of drug-likeness (QED) is 0.753. The molecule has 0 radical (unpaired) electrons. The molecule has 0 saturated heterocycles. The Kier molecular flexibility index (Phi) is 3.96. The van der Waals surface area contributed by atoms with Crippen LogP contribution in [0.25, 0.3) is 0 Å². The van der Waals surface area contributed by atoms with Crippen LogP contribution in [0.3, 0.4) is 0 Å². The molecule has 0 bridgehead atoms. The molecule has 3 heterocycles. The molecule has 1 aliphatic rings.